The molecule has 1 aliphatic heterocycles. The van der Waals surface area contributed by atoms with Crippen molar-refractivity contribution in [3.05, 3.63) is 81.9 Å². The molecular formula is C23H22N2O5S. The number of carbonyl (C=O) groups is 2. The van der Waals surface area contributed by atoms with Crippen molar-refractivity contribution in [2.24, 2.45) is 0 Å². The molecule has 0 spiro atoms. The Morgan fingerprint density at radius 1 is 1.19 bits per heavy atom. The predicted octanol–water partition coefficient (Wildman–Crippen LogP) is 4.02. The van der Waals surface area contributed by atoms with E-state index in [4.69, 9.17) is 13.9 Å². The smallest absolute Gasteiger partial charge is 0.336 e. The van der Waals surface area contributed by atoms with Gasteiger partial charge in [0.05, 0.1) is 46.8 Å². The average molecular weight is 439 g/mol. The van der Waals surface area contributed by atoms with Gasteiger partial charge in [0.2, 0.25) is 0 Å². The van der Waals surface area contributed by atoms with Crippen molar-refractivity contribution >= 4 is 23.7 Å². The van der Waals surface area contributed by atoms with Crippen LogP contribution in [0.25, 0.3) is 0 Å². The van der Waals surface area contributed by atoms with E-state index in [9.17, 15) is 14.9 Å². The molecule has 0 aliphatic carbocycles. The Morgan fingerprint density at radius 2 is 1.97 bits per heavy atom. The number of nitrogens with one attached hydrogen (secondary N) is 1. The van der Waals surface area contributed by atoms with Crippen molar-refractivity contribution in [3.8, 4) is 6.07 Å². The topological polar surface area (TPSA) is 102 Å². The monoisotopic (exact) mass is 438 g/mol. The van der Waals surface area contributed by atoms with Crippen molar-refractivity contribution in [3.63, 3.8) is 0 Å². The largest absolute Gasteiger partial charge is 0.468 e. The molecule has 1 aliphatic rings. The third-order valence-corrected chi connectivity index (χ3v) is 5.54. The molecule has 160 valence electrons. The summed E-state index contributed by atoms with van der Waals surface area (Å²) in [6, 6.07) is 14.9. The molecule has 0 saturated heterocycles. The summed E-state index contributed by atoms with van der Waals surface area (Å²) in [6.07, 6.45) is 1.48. The molecule has 8 heteroatoms. The number of esters is 2. The van der Waals surface area contributed by atoms with Gasteiger partial charge in [-0.15, -0.1) is 0 Å². The number of dihydropyridines is 1. The van der Waals surface area contributed by atoms with Gasteiger partial charge >= 0.3 is 11.9 Å². The van der Waals surface area contributed by atoms with E-state index in [0.29, 0.717) is 22.1 Å². The maximum Gasteiger partial charge on any atom is 0.336 e. The molecule has 2 aromatic rings. The van der Waals surface area contributed by atoms with Crippen molar-refractivity contribution in [2.45, 2.75) is 26.4 Å². The van der Waals surface area contributed by atoms with Crippen LogP contribution in [0.15, 0.2) is 75.0 Å². The molecule has 1 N–H and O–H groups in total. The lowest BCUT2D eigenvalue weighted by molar-refractivity contribution is -0.141. The molecule has 3 rings (SSSR count). The number of thioether (sulfide) groups is 1. The van der Waals surface area contributed by atoms with Crippen molar-refractivity contribution in [1.29, 1.82) is 5.26 Å². The van der Waals surface area contributed by atoms with Crippen LogP contribution in [0.5, 0.6) is 0 Å². The number of ether oxygens (including phenoxy) is 2. The highest BCUT2D eigenvalue weighted by Crippen LogP contribution is 2.41. The van der Waals surface area contributed by atoms with Gasteiger partial charge in [0.15, 0.2) is 0 Å². The van der Waals surface area contributed by atoms with E-state index in [-0.39, 0.29) is 24.5 Å². The van der Waals surface area contributed by atoms with Gasteiger partial charge in [-0.05, 0) is 31.5 Å². The maximum absolute atomic E-state index is 12.6. The number of hydrogen-bond acceptors (Lipinski definition) is 8. The lowest BCUT2D eigenvalue weighted by atomic mass is 9.86. The van der Waals surface area contributed by atoms with Crippen molar-refractivity contribution in [2.75, 3.05) is 12.4 Å². The fourth-order valence-corrected chi connectivity index (χ4v) is 4.05. The molecule has 0 fully saturated rings. The molecule has 1 atom stereocenters. The van der Waals surface area contributed by atoms with E-state index in [0.717, 1.165) is 17.3 Å². The first-order valence-corrected chi connectivity index (χ1v) is 10.7. The number of carbonyl (C=O) groups excluding carboxylic acids is 2. The zero-order chi connectivity index (χ0) is 22.2. The number of hydrogen-bond donors (Lipinski definition) is 1. The lowest BCUT2D eigenvalue weighted by Gasteiger charge is -2.27. The Bertz CT molecular complexity index is 1040. The Hall–Kier alpha value is -3.44. The molecular weight excluding hydrogens is 416 g/mol. The number of benzene rings is 1. The Kier molecular flexibility index (Phi) is 7.57. The molecule has 31 heavy (non-hydrogen) atoms. The lowest BCUT2D eigenvalue weighted by Crippen LogP contribution is -2.29. The maximum atomic E-state index is 12.6. The van der Waals surface area contributed by atoms with Crippen LogP contribution in [-0.4, -0.2) is 24.3 Å². The SMILES string of the molecule is CCOC(=O)C1=C(C)NC(SCC(=O)OCc2ccccc2)=C(C#N)[C@H]1c1ccco1. The summed E-state index contributed by atoms with van der Waals surface area (Å²) in [5.41, 5.74) is 2.03. The number of allylic oxidation sites excluding steroid dienone is 2. The second-order valence-electron chi connectivity index (χ2n) is 6.62. The Balaban J connectivity index is 1.78. The van der Waals surface area contributed by atoms with E-state index >= 15 is 0 Å². The van der Waals surface area contributed by atoms with Gasteiger partial charge in [0.1, 0.15) is 12.4 Å². The highest BCUT2D eigenvalue weighted by Gasteiger charge is 2.37. The summed E-state index contributed by atoms with van der Waals surface area (Å²) < 4.78 is 16.0. The molecule has 2 heterocycles. The van der Waals surface area contributed by atoms with Crippen molar-refractivity contribution < 1.29 is 23.5 Å². The number of nitrogens with zero attached hydrogens (tertiary/aromatic N) is 1. The summed E-state index contributed by atoms with van der Waals surface area (Å²) in [5.74, 6) is -1.19. The second-order valence-corrected chi connectivity index (χ2v) is 7.61. The second kappa shape index (κ2) is 10.5. The third kappa shape index (κ3) is 5.38. The molecule has 1 aromatic carbocycles. The van der Waals surface area contributed by atoms with Crippen LogP contribution in [0.2, 0.25) is 0 Å². The number of furan rings is 1. The standard InChI is InChI=1S/C23H22N2O5S/c1-3-28-23(27)20-15(2)25-22(17(12-24)21(20)18-10-7-11-29-18)31-14-19(26)30-13-16-8-5-4-6-9-16/h4-11,21,25H,3,13-14H2,1-2H3/t21-/m0/s1. The predicted molar refractivity (Wildman–Crippen MR) is 115 cm³/mol. The number of nitriles is 1. The summed E-state index contributed by atoms with van der Waals surface area (Å²) >= 11 is 1.15. The van der Waals surface area contributed by atoms with Crippen LogP contribution < -0.4 is 5.32 Å². The molecule has 0 unspecified atom stereocenters. The number of rotatable bonds is 8. The molecule has 7 nitrogen and oxygen atoms in total. The summed E-state index contributed by atoms with van der Waals surface area (Å²) in [7, 11) is 0. The van der Waals surface area contributed by atoms with Gasteiger partial charge in [-0.25, -0.2) is 4.79 Å². The van der Waals surface area contributed by atoms with Crippen LogP contribution in [0.4, 0.5) is 0 Å². The fourth-order valence-electron chi connectivity index (χ4n) is 3.16. The minimum absolute atomic E-state index is 0.00718. The zero-order valence-corrected chi connectivity index (χ0v) is 18.0. The van der Waals surface area contributed by atoms with Gasteiger partial charge in [-0.1, -0.05) is 42.1 Å². The van der Waals surface area contributed by atoms with Crippen LogP contribution in [0.1, 0.15) is 31.1 Å². The van der Waals surface area contributed by atoms with Crippen molar-refractivity contribution in [1.82, 2.24) is 5.32 Å². The summed E-state index contributed by atoms with van der Waals surface area (Å²) in [4.78, 5) is 24.8. The van der Waals surface area contributed by atoms with Crippen LogP contribution >= 0.6 is 11.8 Å². The van der Waals surface area contributed by atoms with Gasteiger partial charge < -0.3 is 19.2 Å². The van der Waals surface area contributed by atoms with Crippen LogP contribution in [-0.2, 0) is 25.7 Å². The first kappa shape index (κ1) is 22.2. The van der Waals surface area contributed by atoms with Gasteiger partial charge in [0, 0.05) is 5.70 Å². The highest BCUT2D eigenvalue weighted by atomic mass is 32.2. The fraction of sp³-hybridized carbons (Fsp3) is 0.261. The first-order chi connectivity index (χ1) is 15.0. The average Bonchev–Trinajstić information content (AvgIpc) is 3.31. The van der Waals surface area contributed by atoms with Crippen LogP contribution in [0, 0.1) is 11.3 Å². The molecule has 0 bridgehead atoms. The van der Waals surface area contributed by atoms with Gasteiger partial charge in [0.25, 0.3) is 0 Å². The summed E-state index contributed by atoms with van der Waals surface area (Å²) in [5, 5.41) is 13.4. The van der Waals surface area contributed by atoms with Gasteiger partial charge in [-0.2, -0.15) is 5.26 Å². The highest BCUT2D eigenvalue weighted by molar-refractivity contribution is 8.03. The molecule has 0 radical (unpaired) electrons. The Morgan fingerprint density at radius 3 is 2.61 bits per heavy atom. The van der Waals surface area contributed by atoms with Crippen LogP contribution in [0.3, 0.4) is 0 Å². The zero-order valence-electron chi connectivity index (χ0n) is 17.2. The van der Waals surface area contributed by atoms with Gasteiger partial charge in [-0.3, -0.25) is 4.79 Å². The van der Waals surface area contributed by atoms with E-state index in [1.54, 1.807) is 26.0 Å². The molecule has 0 amide bonds. The minimum atomic E-state index is -0.719. The summed E-state index contributed by atoms with van der Waals surface area (Å²) in [6.45, 7) is 3.83. The molecule has 0 saturated carbocycles. The Labute approximate surface area is 184 Å². The van der Waals surface area contributed by atoms with E-state index in [1.807, 2.05) is 30.3 Å². The normalized spacial score (nSPS) is 15.8. The van der Waals surface area contributed by atoms with E-state index in [1.165, 1.54) is 6.26 Å². The van der Waals surface area contributed by atoms with E-state index < -0.39 is 17.9 Å². The van der Waals surface area contributed by atoms with E-state index in [2.05, 4.69) is 11.4 Å². The quantitative estimate of drug-likeness (QED) is 0.617. The first-order valence-electron chi connectivity index (χ1n) is 9.70. The minimum Gasteiger partial charge on any atom is -0.468 e. The third-order valence-electron chi connectivity index (χ3n) is 4.55. The molecule has 1 aromatic heterocycles.